The summed E-state index contributed by atoms with van der Waals surface area (Å²) in [5.74, 6) is 1.16. The summed E-state index contributed by atoms with van der Waals surface area (Å²) >= 11 is 0. The largest absolute Gasteiger partial charge is 0.462 e. The molecule has 118 valence electrons. The SMILES string of the molecule is CCCC(CCC)C(OC(=O)C(C)C)C1CCCCC1. The minimum atomic E-state index is -0.00927. The van der Waals surface area contributed by atoms with Gasteiger partial charge in [-0.3, -0.25) is 4.79 Å². The fourth-order valence-electron chi connectivity index (χ4n) is 3.52. The lowest BCUT2D eigenvalue weighted by Crippen LogP contribution is -2.36. The first kappa shape index (κ1) is 17.5. The molecule has 2 nitrogen and oxygen atoms in total. The number of esters is 1. The van der Waals surface area contributed by atoms with Crippen LogP contribution < -0.4 is 0 Å². The van der Waals surface area contributed by atoms with Crippen molar-refractivity contribution in [2.45, 2.75) is 91.6 Å². The van der Waals surface area contributed by atoms with Gasteiger partial charge in [-0.05, 0) is 37.5 Å². The van der Waals surface area contributed by atoms with Crippen molar-refractivity contribution in [3.8, 4) is 0 Å². The predicted molar refractivity (Wildman–Crippen MR) is 84.6 cm³/mol. The first-order chi connectivity index (χ1) is 9.60. The van der Waals surface area contributed by atoms with E-state index in [0.717, 1.165) is 0 Å². The Hall–Kier alpha value is -0.530. The van der Waals surface area contributed by atoms with Gasteiger partial charge in [-0.15, -0.1) is 0 Å². The minimum Gasteiger partial charge on any atom is -0.462 e. The van der Waals surface area contributed by atoms with Crippen molar-refractivity contribution >= 4 is 5.97 Å². The van der Waals surface area contributed by atoms with Crippen LogP contribution in [0.15, 0.2) is 0 Å². The highest BCUT2D eigenvalue weighted by atomic mass is 16.5. The Morgan fingerprint density at radius 3 is 2.05 bits per heavy atom. The van der Waals surface area contributed by atoms with Crippen LogP contribution in [0.2, 0.25) is 0 Å². The van der Waals surface area contributed by atoms with Crippen molar-refractivity contribution < 1.29 is 9.53 Å². The lowest BCUT2D eigenvalue weighted by Gasteiger charge is -2.36. The Balaban J connectivity index is 2.76. The first-order valence-corrected chi connectivity index (χ1v) is 8.80. The summed E-state index contributed by atoms with van der Waals surface area (Å²) < 4.78 is 5.98. The predicted octanol–water partition coefficient (Wildman–Crippen LogP) is 5.35. The molecule has 0 aliphatic heterocycles. The van der Waals surface area contributed by atoms with Crippen LogP contribution in [0.1, 0.15) is 85.5 Å². The second kappa shape index (κ2) is 9.41. The van der Waals surface area contributed by atoms with E-state index in [2.05, 4.69) is 13.8 Å². The van der Waals surface area contributed by atoms with Crippen LogP contribution in [-0.4, -0.2) is 12.1 Å². The van der Waals surface area contributed by atoms with Crippen molar-refractivity contribution in [1.29, 1.82) is 0 Å². The highest BCUT2D eigenvalue weighted by molar-refractivity contribution is 5.71. The highest BCUT2D eigenvalue weighted by Crippen LogP contribution is 2.35. The normalized spacial score (nSPS) is 18.5. The van der Waals surface area contributed by atoms with Gasteiger partial charge >= 0.3 is 5.97 Å². The lowest BCUT2D eigenvalue weighted by molar-refractivity contribution is -0.160. The van der Waals surface area contributed by atoms with Crippen molar-refractivity contribution in [1.82, 2.24) is 0 Å². The van der Waals surface area contributed by atoms with E-state index in [-0.39, 0.29) is 18.0 Å². The van der Waals surface area contributed by atoms with Gasteiger partial charge in [0.25, 0.3) is 0 Å². The van der Waals surface area contributed by atoms with Gasteiger partial charge < -0.3 is 4.74 Å². The highest BCUT2D eigenvalue weighted by Gasteiger charge is 2.33. The molecule has 1 aliphatic carbocycles. The minimum absolute atomic E-state index is 0.00206. The number of hydrogen-bond acceptors (Lipinski definition) is 2. The Morgan fingerprint density at radius 1 is 1.05 bits per heavy atom. The molecular weight excluding hydrogens is 248 g/mol. The summed E-state index contributed by atoms with van der Waals surface area (Å²) in [6.45, 7) is 8.36. The summed E-state index contributed by atoms with van der Waals surface area (Å²) in [6, 6.07) is 0. The number of carbonyl (C=O) groups excluding carboxylic acids is 1. The van der Waals surface area contributed by atoms with Gasteiger partial charge in [-0.1, -0.05) is 59.8 Å². The van der Waals surface area contributed by atoms with Gasteiger partial charge in [0, 0.05) is 0 Å². The van der Waals surface area contributed by atoms with Crippen LogP contribution in [-0.2, 0) is 9.53 Å². The molecule has 0 radical (unpaired) electrons. The third kappa shape index (κ3) is 5.46. The van der Waals surface area contributed by atoms with Crippen molar-refractivity contribution in [3.63, 3.8) is 0 Å². The van der Waals surface area contributed by atoms with E-state index in [1.807, 2.05) is 13.8 Å². The Labute approximate surface area is 125 Å². The molecule has 0 spiro atoms. The van der Waals surface area contributed by atoms with Crippen LogP contribution in [0, 0.1) is 17.8 Å². The fourth-order valence-corrected chi connectivity index (χ4v) is 3.52. The maximum Gasteiger partial charge on any atom is 0.308 e. The van der Waals surface area contributed by atoms with E-state index in [0.29, 0.717) is 11.8 Å². The average molecular weight is 282 g/mol. The number of ether oxygens (including phenoxy) is 1. The van der Waals surface area contributed by atoms with Crippen LogP contribution in [0.4, 0.5) is 0 Å². The molecule has 0 aromatic rings. The third-order valence-corrected chi connectivity index (χ3v) is 4.62. The van der Waals surface area contributed by atoms with Crippen molar-refractivity contribution in [3.05, 3.63) is 0 Å². The van der Waals surface area contributed by atoms with E-state index in [1.54, 1.807) is 0 Å². The molecule has 0 bridgehead atoms. The molecular formula is C18H34O2. The molecule has 1 rings (SSSR count). The molecule has 1 aliphatic rings. The fraction of sp³-hybridized carbons (Fsp3) is 0.944. The zero-order chi connectivity index (χ0) is 15.0. The second-order valence-electron chi connectivity index (χ2n) is 6.79. The van der Waals surface area contributed by atoms with Gasteiger partial charge in [0.1, 0.15) is 6.10 Å². The molecule has 0 aromatic heterocycles. The van der Waals surface area contributed by atoms with Crippen molar-refractivity contribution in [2.75, 3.05) is 0 Å². The van der Waals surface area contributed by atoms with E-state index >= 15 is 0 Å². The number of carbonyl (C=O) groups is 1. The maximum atomic E-state index is 12.1. The molecule has 1 atom stereocenters. The zero-order valence-corrected chi connectivity index (χ0v) is 14.0. The second-order valence-corrected chi connectivity index (χ2v) is 6.79. The lowest BCUT2D eigenvalue weighted by atomic mass is 9.77. The Kier molecular flexibility index (Phi) is 8.25. The molecule has 1 unspecified atom stereocenters. The van der Waals surface area contributed by atoms with Crippen LogP contribution >= 0.6 is 0 Å². The Morgan fingerprint density at radius 2 is 1.60 bits per heavy atom. The van der Waals surface area contributed by atoms with Gasteiger partial charge in [-0.25, -0.2) is 0 Å². The Bertz CT molecular complexity index is 261. The monoisotopic (exact) mass is 282 g/mol. The molecule has 1 saturated carbocycles. The maximum absolute atomic E-state index is 12.1. The summed E-state index contributed by atoms with van der Waals surface area (Å²) in [7, 11) is 0. The number of hydrogen-bond donors (Lipinski definition) is 0. The average Bonchev–Trinajstić information content (AvgIpc) is 2.45. The van der Waals surface area contributed by atoms with E-state index in [4.69, 9.17) is 4.74 Å². The molecule has 0 heterocycles. The van der Waals surface area contributed by atoms with Crippen LogP contribution in [0.5, 0.6) is 0 Å². The van der Waals surface area contributed by atoms with Gasteiger partial charge in [0.15, 0.2) is 0 Å². The summed E-state index contributed by atoms with van der Waals surface area (Å²) in [5.41, 5.74) is 0. The van der Waals surface area contributed by atoms with E-state index in [1.165, 1.54) is 57.8 Å². The smallest absolute Gasteiger partial charge is 0.308 e. The molecule has 2 heteroatoms. The van der Waals surface area contributed by atoms with Gasteiger partial charge in [-0.2, -0.15) is 0 Å². The van der Waals surface area contributed by atoms with Gasteiger partial charge in [0.2, 0.25) is 0 Å². The standard InChI is InChI=1S/C18H34O2/c1-5-10-15(11-6-2)17(20-18(19)14(3)4)16-12-8-7-9-13-16/h14-17H,5-13H2,1-4H3. The number of rotatable bonds is 8. The molecule has 0 saturated heterocycles. The molecule has 1 fully saturated rings. The first-order valence-electron chi connectivity index (χ1n) is 8.80. The quantitative estimate of drug-likeness (QED) is 0.561. The van der Waals surface area contributed by atoms with E-state index in [9.17, 15) is 4.79 Å². The van der Waals surface area contributed by atoms with Gasteiger partial charge in [0.05, 0.1) is 5.92 Å². The summed E-state index contributed by atoms with van der Waals surface area (Å²) in [5, 5.41) is 0. The van der Waals surface area contributed by atoms with Crippen LogP contribution in [0.25, 0.3) is 0 Å². The topological polar surface area (TPSA) is 26.3 Å². The summed E-state index contributed by atoms with van der Waals surface area (Å²) in [6.07, 6.45) is 11.4. The summed E-state index contributed by atoms with van der Waals surface area (Å²) in [4.78, 5) is 12.1. The molecule has 0 N–H and O–H groups in total. The molecule has 20 heavy (non-hydrogen) atoms. The molecule has 0 amide bonds. The van der Waals surface area contributed by atoms with E-state index < -0.39 is 0 Å². The molecule has 0 aromatic carbocycles. The van der Waals surface area contributed by atoms with Crippen molar-refractivity contribution in [2.24, 2.45) is 17.8 Å². The van der Waals surface area contributed by atoms with Crippen LogP contribution in [0.3, 0.4) is 0 Å². The third-order valence-electron chi connectivity index (χ3n) is 4.62. The zero-order valence-electron chi connectivity index (χ0n) is 14.0.